The molecule has 3 amide bonds. The predicted molar refractivity (Wildman–Crippen MR) is 65.8 cm³/mol. The average Bonchev–Trinajstić information content (AvgIpc) is 2.33. The maximum absolute atomic E-state index is 11.8. The van der Waals surface area contributed by atoms with E-state index in [-0.39, 0.29) is 12.5 Å². The second-order valence-electron chi connectivity index (χ2n) is 4.08. The second-order valence-corrected chi connectivity index (χ2v) is 4.08. The van der Waals surface area contributed by atoms with Gasteiger partial charge in [0.1, 0.15) is 6.04 Å². The number of primary amides is 1. The standard InChI is InChI=1S/C11H18N4O4/c1-3-15(6-7(2)5-12)11(19)14-8(10(17)18)4-9(13)16/h7-8H,3-4,6H2,1-2H3,(H2,13,16)(H,14,19)(H,17,18)/t7?,8-/m1/s1. The Morgan fingerprint density at radius 1 is 1.47 bits per heavy atom. The van der Waals surface area contributed by atoms with Gasteiger partial charge in [0.15, 0.2) is 0 Å². The fourth-order valence-corrected chi connectivity index (χ4v) is 1.37. The van der Waals surface area contributed by atoms with Gasteiger partial charge in [0.05, 0.1) is 18.4 Å². The predicted octanol–water partition coefficient (Wildman–Crippen LogP) is -0.494. The summed E-state index contributed by atoms with van der Waals surface area (Å²) < 4.78 is 0. The molecule has 0 aromatic heterocycles. The van der Waals surface area contributed by atoms with Crippen LogP contribution in [0.25, 0.3) is 0 Å². The first kappa shape index (κ1) is 16.7. The topological polar surface area (TPSA) is 137 Å². The van der Waals surface area contributed by atoms with Crippen LogP contribution in [0, 0.1) is 17.2 Å². The Morgan fingerprint density at radius 3 is 2.42 bits per heavy atom. The Bertz CT molecular complexity index is 391. The van der Waals surface area contributed by atoms with E-state index in [2.05, 4.69) is 5.32 Å². The molecule has 8 heteroatoms. The number of nitriles is 1. The van der Waals surface area contributed by atoms with Crippen LogP contribution in [0.3, 0.4) is 0 Å². The highest BCUT2D eigenvalue weighted by Gasteiger charge is 2.24. The third-order valence-electron chi connectivity index (χ3n) is 2.38. The lowest BCUT2D eigenvalue weighted by Gasteiger charge is -2.24. The zero-order valence-electron chi connectivity index (χ0n) is 10.9. The summed E-state index contributed by atoms with van der Waals surface area (Å²) in [5, 5.41) is 19.8. The first-order valence-corrected chi connectivity index (χ1v) is 5.77. The molecule has 0 aromatic rings. The number of rotatable bonds is 7. The van der Waals surface area contributed by atoms with Crippen LogP contribution in [-0.2, 0) is 9.59 Å². The van der Waals surface area contributed by atoms with Gasteiger partial charge in [0.2, 0.25) is 5.91 Å². The lowest BCUT2D eigenvalue weighted by Crippen LogP contribution is -2.50. The van der Waals surface area contributed by atoms with Crippen molar-refractivity contribution in [3.63, 3.8) is 0 Å². The highest BCUT2D eigenvalue weighted by atomic mass is 16.4. The Morgan fingerprint density at radius 2 is 2.05 bits per heavy atom. The number of carboxylic acid groups (broad SMARTS) is 1. The van der Waals surface area contributed by atoms with E-state index >= 15 is 0 Å². The van der Waals surface area contributed by atoms with Crippen LogP contribution in [0.1, 0.15) is 20.3 Å². The molecule has 0 heterocycles. The number of amides is 3. The highest BCUT2D eigenvalue weighted by molar-refractivity contribution is 5.87. The van der Waals surface area contributed by atoms with Gasteiger partial charge in [0.25, 0.3) is 0 Å². The summed E-state index contributed by atoms with van der Waals surface area (Å²) in [4.78, 5) is 34.7. The van der Waals surface area contributed by atoms with E-state index in [1.165, 1.54) is 4.90 Å². The number of nitrogens with zero attached hydrogens (tertiary/aromatic N) is 2. The third kappa shape index (κ3) is 6.26. The van der Waals surface area contributed by atoms with Gasteiger partial charge in [-0.3, -0.25) is 4.79 Å². The molecular weight excluding hydrogens is 252 g/mol. The number of hydrogen-bond acceptors (Lipinski definition) is 4. The molecule has 4 N–H and O–H groups in total. The van der Waals surface area contributed by atoms with Crippen molar-refractivity contribution in [1.82, 2.24) is 10.2 Å². The molecule has 0 aliphatic rings. The number of aliphatic carboxylic acids is 1. The van der Waals surface area contributed by atoms with Crippen LogP contribution >= 0.6 is 0 Å². The molecule has 0 bridgehead atoms. The Kier molecular flexibility index (Phi) is 6.96. The van der Waals surface area contributed by atoms with E-state index in [9.17, 15) is 14.4 Å². The summed E-state index contributed by atoms with van der Waals surface area (Å²) in [5.41, 5.74) is 4.91. The van der Waals surface area contributed by atoms with Crippen molar-refractivity contribution in [2.45, 2.75) is 26.3 Å². The quantitative estimate of drug-likeness (QED) is 0.573. The van der Waals surface area contributed by atoms with E-state index in [4.69, 9.17) is 16.1 Å². The van der Waals surface area contributed by atoms with E-state index in [0.717, 1.165) is 0 Å². The summed E-state index contributed by atoms with van der Waals surface area (Å²) in [6, 6.07) is -0.0241. The third-order valence-corrected chi connectivity index (χ3v) is 2.38. The van der Waals surface area contributed by atoms with Crippen molar-refractivity contribution >= 4 is 17.9 Å². The van der Waals surface area contributed by atoms with E-state index in [1.54, 1.807) is 13.8 Å². The van der Waals surface area contributed by atoms with Crippen LogP contribution in [0.15, 0.2) is 0 Å². The maximum Gasteiger partial charge on any atom is 0.326 e. The monoisotopic (exact) mass is 270 g/mol. The first-order valence-electron chi connectivity index (χ1n) is 5.77. The lowest BCUT2D eigenvalue weighted by atomic mass is 10.2. The van der Waals surface area contributed by atoms with Crippen molar-refractivity contribution < 1.29 is 19.5 Å². The van der Waals surface area contributed by atoms with Crippen LogP contribution in [0.5, 0.6) is 0 Å². The highest BCUT2D eigenvalue weighted by Crippen LogP contribution is 2.01. The van der Waals surface area contributed by atoms with Gasteiger partial charge in [-0.05, 0) is 13.8 Å². The van der Waals surface area contributed by atoms with Crippen molar-refractivity contribution in [3.05, 3.63) is 0 Å². The minimum absolute atomic E-state index is 0.182. The Balaban J connectivity index is 4.64. The molecule has 0 spiro atoms. The first-order chi connectivity index (χ1) is 8.81. The van der Waals surface area contributed by atoms with Gasteiger partial charge >= 0.3 is 12.0 Å². The average molecular weight is 270 g/mol. The number of hydrogen-bond donors (Lipinski definition) is 3. The number of carbonyl (C=O) groups excluding carboxylic acids is 2. The summed E-state index contributed by atoms with van der Waals surface area (Å²) in [7, 11) is 0. The van der Waals surface area contributed by atoms with Crippen LogP contribution in [0.2, 0.25) is 0 Å². The number of nitrogens with one attached hydrogen (secondary N) is 1. The summed E-state index contributed by atoms with van der Waals surface area (Å²) >= 11 is 0. The normalized spacial score (nSPS) is 12.9. The van der Waals surface area contributed by atoms with E-state index in [0.29, 0.717) is 6.54 Å². The van der Waals surface area contributed by atoms with Gasteiger partial charge in [-0.1, -0.05) is 0 Å². The van der Waals surface area contributed by atoms with Crippen LogP contribution < -0.4 is 11.1 Å². The molecule has 0 aromatic carbocycles. The molecule has 8 nitrogen and oxygen atoms in total. The fourth-order valence-electron chi connectivity index (χ4n) is 1.37. The molecule has 0 aliphatic heterocycles. The molecule has 0 saturated carbocycles. The summed E-state index contributed by atoms with van der Waals surface area (Å²) in [5.74, 6) is -2.53. The lowest BCUT2D eigenvalue weighted by molar-refractivity contribution is -0.140. The minimum Gasteiger partial charge on any atom is -0.480 e. The molecule has 0 aliphatic carbocycles. The fraction of sp³-hybridized carbons (Fsp3) is 0.636. The molecule has 106 valence electrons. The van der Waals surface area contributed by atoms with Crippen LogP contribution in [0.4, 0.5) is 4.79 Å². The molecule has 0 fully saturated rings. The SMILES string of the molecule is CCN(CC(C)C#N)C(=O)N[C@H](CC(N)=O)C(=O)O. The molecule has 2 atom stereocenters. The molecular formula is C11H18N4O4. The van der Waals surface area contributed by atoms with Gasteiger partial charge in [0, 0.05) is 13.1 Å². The largest absolute Gasteiger partial charge is 0.480 e. The molecule has 0 rings (SSSR count). The minimum atomic E-state index is -1.36. The van der Waals surface area contributed by atoms with Crippen molar-refractivity contribution in [1.29, 1.82) is 5.26 Å². The molecule has 0 saturated heterocycles. The molecule has 1 unspecified atom stereocenters. The summed E-state index contributed by atoms with van der Waals surface area (Å²) in [6.07, 6.45) is -0.480. The molecule has 19 heavy (non-hydrogen) atoms. The Labute approximate surface area is 111 Å². The van der Waals surface area contributed by atoms with E-state index in [1.807, 2.05) is 6.07 Å². The van der Waals surface area contributed by atoms with E-state index < -0.39 is 30.4 Å². The number of carboxylic acids is 1. The van der Waals surface area contributed by atoms with Gasteiger partial charge in [-0.15, -0.1) is 0 Å². The number of urea groups is 1. The molecule has 0 radical (unpaired) electrons. The zero-order chi connectivity index (χ0) is 15.0. The van der Waals surface area contributed by atoms with Gasteiger partial charge in [-0.2, -0.15) is 5.26 Å². The van der Waals surface area contributed by atoms with Crippen molar-refractivity contribution in [3.8, 4) is 6.07 Å². The van der Waals surface area contributed by atoms with Gasteiger partial charge < -0.3 is 21.1 Å². The number of nitrogens with two attached hydrogens (primary N) is 1. The maximum atomic E-state index is 11.8. The van der Waals surface area contributed by atoms with Crippen molar-refractivity contribution in [2.75, 3.05) is 13.1 Å². The van der Waals surface area contributed by atoms with Gasteiger partial charge in [-0.25, -0.2) is 9.59 Å². The Hall–Kier alpha value is -2.30. The number of carbonyl (C=O) groups is 3. The zero-order valence-corrected chi connectivity index (χ0v) is 10.9. The smallest absolute Gasteiger partial charge is 0.326 e. The van der Waals surface area contributed by atoms with Crippen molar-refractivity contribution in [2.24, 2.45) is 11.7 Å². The van der Waals surface area contributed by atoms with Crippen LogP contribution in [-0.4, -0.2) is 47.0 Å². The summed E-state index contributed by atoms with van der Waals surface area (Å²) in [6.45, 7) is 3.85. The second kappa shape index (κ2) is 7.92.